The molecule has 1 amide bonds. The van der Waals surface area contributed by atoms with Crippen molar-refractivity contribution >= 4 is 34.5 Å². The first-order valence-corrected chi connectivity index (χ1v) is 10.00. The average Bonchev–Trinajstić information content (AvgIpc) is 2.69. The van der Waals surface area contributed by atoms with Gasteiger partial charge in [0.25, 0.3) is 0 Å². The summed E-state index contributed by atoms with van der Waals surface area (Å²) in [6, 6.07) is 25.4. The number of benzene rings is 3. The minimum atomic E-state index is -1.05. The van der Waals surface area contributed by atoms with Gasteiger partial charge in [0.1, 0.15) is 6.04 Å². The second-order valence-electron chi connectivity index (χ2n) is 6.49. The Morgan fingerprint density at radius 3 is 1.93 bits per heavy atom. The molecule has 0 aliphatic carbocycles. The van der Waals surface area contributed by atoms with Gasteiger partial charge < -0.3 is 10.4 Å². The minimum Gasteiger partial charge on any atom is -0.480 e. The van der Waals surface area contributed by atoms with Crippen molar-refractivity contribution in [2.24, 2.45) is 0 Å². The normalized spacial score (nSPS) is 11.8. The Hall–Kier alpha value is -2.67. The zero-order chi connectivity index (χ0) is 19.9. The molecule has 0 saturated heterocycles. The lowest BCUT2D eigenvalue weighted by Gasteiger charge is -2.21. The van der Waals surface area contributed by atoms with Crippen LogP contribution in [0.4, 0.5) is 0 Å². The molecule has 3 rings (SSSR count). The molecule has 0 saturated carbocycles. The Labute approximate surface area is 177 Å². The molecule has 0 heterocycles. The quantitative estimate of drug-likeness (QED) is 0.493. The summed E-state index contributed by atoms with van der Waals surface area (Å²) < 4.78 is 1.03. The molecule has 0 aliphatic rings. The van der Waals surface area contributed by atoms with E-state index in [-0.39, 0.29) is 12.3 Å². The van der Waals surface area contributed by atoms with Gasteiger partial charge in [-0.25, -0.2) is 4.79 Å². The number of carboxylic acids is 1. The van der Waals surface area contributed by atoms with E-state index < -0.39 is 17.9 Å². The Bertz CT molecular complexity index is 905. The number of carbonyl (C=O) groups is 2. The molecular weight excluding hydrogens is 465 g/mol. The molecular formula is C23H20INO3. The molecule has 0 bridgehead atoms. The summed E-state index contributed by atoms with van der Waals surface area (Å²) in [6.45, 7) is 0. The lowest BCUT2D eigenvalue weighted by atomic mass is 9.90. The number of hydrogen-bond donors (Lipinski definition) is 2. The topological polar surface area (TPSA) is 66.4 Å². The van der Waals surface area contributed by atoms with Crippen LogP contribution >= 0.6 is 22.6 Å². The van der Waals surface area contributed by atoms with Crippen molar-refractivity contribution in [2.75, 3.05) is 0 Å². The van der Waals surface area contributed by atoms with Gasteiger partial charge in [-0.2, -0.15) is 0 Å². The molecule has 3 aromatic rings. The number of aliphatic carboxylic acids is 1. The van der Waals surface area contributed by atoms with Crippen LogP contribution in [0.15, 0.2) is 84.9 Å². The summed E-state index contributed by atoms with van der Waals surface area (Å²) in [5.41, 5.74) is 2.52. The van der Waals surface area contributed by atoms with Crippen LogP contribution in [-0.2, 0) is 16.0 Å². The smallest absolute Gasteiger partial charge is 0.326 e. The maximum atomic E-state index is 13.1. The summed E-state index contributed by atoms with van der Waals surface area (Å²) >= 11 is 2.19. The molecule has 0 aliphatic heterocycles. The van der Waals surface area contributed by atoms with E-state index in [2.05, 4.69) is 27.9 Å². The zero-order valence-corrected chi connectivity index (χ0v) is 17.2. The van der Waals surface area contributed by atoms with Gasteiger partial charge in [-0.05, 0) is 51.4 Å². The van der Waals surface area contributed by atoms with Gasteiger partial charge >= 0.3 is 5.97 Å². The summed E-state index contributed by atoms with van der Waals surface area (Å²) in [6.07, 6.45) is 0.230. The number of rotatable bonds is 7. The molecule has 2 N–H and O–H groups in total. The predicted molar refractivity (Wildman–Crippen MR) is 117 cm³/mol. The van der Waals surface area contributed by atoms with E-state index in [1.807, 2.05) is 84.9 Å². The molecule has 0 unspecified atom stereocenters. The van der Waals surface area contributed by atoms with Gasteiger partial charge in [0.05, 0.1) is 5.92 Å². The molecule has 142 valence electrons. The average molecular weight is 485 g/mol. The van der Waals surface area contributed by atoms with Crippen LogP contribution in [0, 0.1) is 3.57 Å². The van der Waals surface area contributed by atoms with E-state index in [1.165, 1.54) is 0 Å². The van der Waals surface area contributed by atoms with Crippen molar-refractivity contribution in [3.05, 3.63) is 105 Å². The summed E-state index contributed by atoms with van der Waals surface area (Å²) in [4.78, 5) is 24.9. The van der Waals surface area contributed by atoms with Crippen molar-refractivity contribution in [1.29, 1.82) is 0 Å². The van der Waals surface area contributed by atoms with Crippen LogP contribution in [0.3, 0.4) is 0 Å². The predicted octanol–water partition coefficient (Wildman–Crippen LogP) is 4.24. The van der Waals surface area contributed by atoms with Gasteiger partial charge in [0.2, 0.25) is 5.91 Å². The summed E-state index contributed by atoms with van der Waals surface area (Å²) in [7, 11) is 0. The highest BCUT2D eigenvalue weighted by Crippen LogP contribution is 2.25. The van der Waals surface area contributed by atoms with Crippen molar-refractivity contribution < 1.29 is 14.7 Å². The van der Waals surface area contributed by atoms with Crippen LogP contribution in [0.1, 0.15) is 22.6 Å². The van der Waals surface area contributed by atoms with E-state index in [0.717, 1.165) is 20.3 Å². The second-order valence-corrected chi connectivity index (χ2v) is 7.73. The SMILES string of the molecule is O=C(N[C@@H](Cc1cccc(I)c1)C(=O)O)C(c1ccccc1)c1ccccc1. The number of amides is 1. The standard InChI is InChI=1S/C23H20INO3/c24-19-13-7-8-16(14-19)15-20(23(27)28)25-22(26)21(17-9-3-1-4-10-17)18-11-5-2-6-12-18/h1-14,20-21H,15H2,(H,25,26)(H,27,28)/t20-/m0/s1. The number of carboxylic acid groups (broad SMARTS) is 1. The van der Waals surface area contributed by atoms with Crippen LogP contribution in [0.2, 0.25) is 0 Å². The fourth-order valence-corrected chi connectivity index (χ4v) is 3.75. The first-order chi connectivity index (χ1) is 13.5. The van der Waals surface area contributed by atoms with Gasteiger partial charge in [-0.3, -0.25) is 4.79 Å². The third kappa shape index (κ3) is 5.19. The Morgan fingerprint density at radius 2 is 1.43 bits per heavy atom. The molecule has 28 heavy (non-hydrogen) atoms. The van der Waals surface area contributed by atoms with Crippen LogP contribution in [-0.4, -0.2) is 23.0 Å². The van der Waals surface area contributed by atoms with Gasteiger partial charge in [0, 0.05) is 9.99 Å². The molecule has 0 radical (unpaired) electrons. The second kappa shape index (κ2) is 9.50. The maximum Gasteiger partial charge on any atom is 0.326 e. The highest BCUT2D eigenvalue weighted by Gasteiger charge is 2.27. The van der Waals surface area contributed by atoms with Crippen molar-refractivity contribution in [3.8, 4) is 0 Å². The van der Waals surface area contributed by atoms with E-state index in [9.17, 15) is 14.7 Å². The molecule has 5 heteroatoms. The zero-order valence-electron chi connectivity index (χ0n) is 15.1. The van der Waals surface area contributed by atoms with E-state index in [4.69, 9.17) is 0 Å². The minimum absolute atomic E-state index is 0.230. The number of carbonyl (C=O) groups excluding carboxylic acids is 1. The van der Waals surface area contributed by atoms with E-state index in [1.54, 1.807) is 0 Å². The number of hydrogen-bond acceptors (Lipinski definition) is 2. The highest BCUT2D eigenvalue weighted by molar-refractivity contribution is 14.1. The molecule has 0 aromatic heterocycles. The van der Waals surface area contributed by atoms with E-state index >= 15 is 0 Å². The fraction of sp³-hybridized carbons (Fsp3) is 0.130. The monoisotopic (exact) mass is 485 g/mol. The lowest BCUT2D eigenvalue weighted by Crippen LogP contribution is -2.44. The first-order valence-electron chi connectivity index (χ1n) is 8.92. The molecule has 0 spiro atoms. The summed E-state index contributed by atoms with van der Waals surface area (Å²) in [5, 5.41) is 12.4. The fourth-order valence-electron chi connectivity index (χ4n) is 3.14. The lowest BCUT2D eigenvalue weighted by molar-refractivity contribution is -0.141. The maximum absolute atomic E-state index is 13.1. The van der Waals surface area contributed by atoms with Crippen LogP contribution < -0.4 is 5.32 Å². The Balaban J connectivity index is 1.86. The Morgan fingerprint density at radius 1 is 0.857 bits per heavy atom. The first kappa shape index (κ1) is 20.1. The Kier molecular flexibility index (Phi) is 6.81. The highest BCUT2D eigenvalue weighted by atomic mass is 127. The third-order valence-electron chi connectivity index (χ3n) is 4.47. The van der Waals surface area contributed by atoms with Gasteiger partial charge in [-0.15, -0.1) is 0 Å². The molecule has 4 nitrogen and oxygen atoms in total. The van der Waals surface area contributed by atoms with Crippen molar-refractivity contribution in [3.63, 3.8) is 0 Å². The van der Waals surface area contributed by atoms with Crippen molar-refractivity contribution in [2.45, 2.75) is 18.4 Å². The summed E-state index contributed by atoms with van der Waals surface area (Å²) in [5.74, 6) is -1.94. The van der Waals surface area contributed by atoms with E-state index in [0.29, 0.717) is 0 Å². The third-order valence-corrected chi connectivity index (χ3v) is 5.14. The van der Waals surface area contributed by atoms with Crippen LogP contribution in [0.5, 0.6) is 0 Å². The largest absolute Gasteiger partial charge is 0.480 e. The van der Waals surface area contributed by atoms with Crippen molar-refractivity contribution in [1.82, 2.24) is 5.32 Å². The van der Waals surface area contributed by atoms with Crippen LogP contribution in [0.25, 0.3) is 0 Å². The van der Waals surface area contributed by atoms with Gasteiger partial charge in [-0.1, -0.05) is 72.8 Å². The molecule has 3 aromatic carbocycles. The number of halogens is 1. The van der Waals surface area contributed by atoms with Gasteiger partial charge in [0.15, 0.2) is 0 Å². The number of nitrogens with one attached hydrogen (secondary N) is 1. The molecule has 1 atom stereocenters. The molecule has 0 fully saturated rings.